The Labute approximate surface area is 176 Å². The first-order valence-corrected chi connectivity index (χ1v) is 9.38. The third-order valence-corrected chi connectivity index (χ3v) is 4.27. The van der Waals surface area contributed by atoms with Crippen molar-refractivity contribution in [3.63, 3.8) is 0 Å². The predicted octanol–water partition coefficient (Wildman–Crippen LogP) is 4.59. The summed E-state index contributed by atoms with van der Waals surface area (Å²) in [4.78, 5) is 8.73. The summed E-state index contributed by atoms with van der Waals surface area (Å²) in [6.07, 6.45) is 1.49. The third-order valence-electron chi connectivity index (χ3n) is 4.27. The van der Waals surface area contributed by atoms with Crippen molar-refractivity contribution in [2.24, 2.45) is 0 Å². The highest BCUT2D eigenvalue weighted by Crippen LogP contribution is 2.43. The Bertz CT molecular complexity index is 1020. The van der Waals surface area contributed by atoms with Crippen molar-refractivity contribution in [2.45, 2.75) is 26.4 Å². The average Bonchev–Trinajstić information content (AvgIpc) is 2.72. The van der Waals surface area contributed by atoms with Gasteiger partial charge in [-0.3, -0.25) is 0 Å². The monoisotopic (exact) mass is 413 g/mol. The number of methoxy groups -OCH3 is 4. The van der Waals surface area contributed by atoms with E-state index in [2.05, 4.69) is 15.3 Å². The Morgan fingerprint density at radius 3 is 1.83 bits per heavy atom. The van der Waals surface area contributed by atoms with E-state index in [1.807, 2.05) is 45.0 Å². The zero-order valence-electron chi connectivity index (χ0n) is 18.3. The maximum absolute atomic E-state index is 6.04. The minimum absolute atomic E-state index is 0.409. The second-order valence-corrected chi connectivity index (χ2v) is 7.50. The van der Waals surface area contributed by atoms with Crippen molar-refractivity contribution >= 4 is 22.4 Å². The third kappa shape index (κ3) is 4.42. The van der Waals surface area contributed by atoms with Crippen LogP contribution in [0, 0.1) is 0 Å². The van der Waals surface area contributed by atoms with Gasteiger partial charge in [-0.1, -0.05) is 0 Å². The van der Waals surface area contributed by atoms with E-state index < -0.39 is 5.60 Å². The highest BCUT2D eigenvalue weighted by atomic mass is 16.5. The SMILES string of the molecule is COc1cc2ncnc(Nc3cc(OC)c(OC(C)(C)C)c(OC)c3)c2cc1OC. The minimum Gasteiger partial charge on any atom is -0.493 e. The second kappa shape index (κ2) is 8.52. The van der Waals surface area contributed by atoms with Gasteiger partial charge in [-0.15, -0.1) is 0 Å². The van der Waals surface area contributed by atoms with Crippen LogP contribution in [0.2, 0.25) is 0 Å². The highest BCUT2D eigenvalue weighted by Gasteiger charge is 2.21. The van der Waals surface area contributed by atoms with E-state index in [0.717, 1.165) is 16.6 Å². The molecular formula is C22H27N3O5. The van der Waals surface area contributed by atoms with Crippen molar-refractivity contribution < 1.29 is 23.7 Å². The minimum atomic E-state index is -0.409. The van der Waals surface area contributed by atoms with Gasteiger partial charge in [-0.25, -0.2) is 9.97 Å². The van der Waals surface area contributed by atoms with E-state index in [4.69, 9.17) is 23.7 Å². The molecule has 2 aromatic carbocycles. The molecule has 0 unspecified atom stereocenters. The molecule has 1 N–H and O–H groups in total. The number of hydrogen-bond acceptors (Lipinski definition) is 8. The molecule has 0 saturated carbocycles. The predicted molar refractivity (Wildman–Crippen MR) is 116 cm³/mol. The van der Waals surface area contributed by atoms with E-state index in [9.17, 15) is 0 Å². The van der Waals surface area contributed by atoms with Crippen molar-refractivity contribution in [3.05, 3.63) is 30.6 Å². The Morgan fingerprint density at radius 1 is 0.733 bits per heavy atom. The van der Waals surface area contributed by atoms with E-state index in [-0.39, 0.29) is 0 Å². The number of ether oxygens (including phenoxy) is 5. The summed E-state index contributed by atoms with van der Waals surface area (Å²) in [6.45, 7) is 5.90. The summed E-state index contributed by atoms with van der Waals surface area (Å²) in [7, 11) is 6.35. The first kappa shape index (κ1) is 21.3. The molecule has 0 aliphatic rings. The Hall–Kier alpha value is -3.42. The fourth-order valence-electron chi connectivity index (χ4n) is 2.98. The van der Waals surface area contributed by atoms with Crippen LogP contribution in [0.4, 0.5) is 11.5 Å². The van der Waals surface area contributed by atoms with Gasteiger partial charge in [0.15, 0.2) is 23.0 Å². The van der Waals surface area contributed by atoms with Gasteiger partial charge in [0.25, 0.3) is 0 Å². The molecule has 8 heteroatoms. The molecule has 0 bridgehead atoms. The molecule has 3 aromatic rings. The summed E-state index contributed by atoms with van der Waals surface area (Å²) in [5, 5.41) is 4.09. The van der Waals surface area contributed by atoms with Gasteiger partial charge in [-0.05, 0) is 26.8 Å². The Morgan fingerprint density at radius 2 is 1.30 bits per heavy atom. The topological polar surface area (TPSA) is 84.0 Å². The number of rotatable bonds is 7. The van der Waals surface area contributed by atoms with E-state index in [1.54, 1.807) is 28.4 Å². The molecule has 0 amide bonds. The molecule has 0 aliphatic carbocycles. The molecule has 3 rings (SSSR count). The van der Waals surface area contributed by atoms with Gasteiger partial charge in [-0.2, -0.15) is 0 Å². The standard InChI is InChI=1S/C22H27N3O5/c1-22(2,3)30-20-18(28-6)8-13(9-19(20)29-7)25-21-14-10-16(26-4)17(27-5)11-15(14)23-12-24-21/h8-12H,1-7H3,(H,23,24,25). The molecule has 1 heterocycles. The molecule has 0 fully saturated rings. The molecule has 30 heavy (non-hydrogen) atoms. The van der Waals surface area contributed by atoms with Gasteiger partial charge in [0.2, 0.25) is 5.75 Å². The van der Waals surface area contributed by atoms with Gasteiger partial charge < -0.3 is 29.0 Å². The Balaban J connectivity index is 2.07. The van der Waals surface area contributed by atoms with Crippen molar-refractivity contribution in [2.75, 3.05) is 33.8 Å². The van der Waals surface area contributed by atoms with Gasteiger partial charge >= 0.3 is 0 Å². The summed E-state index contributed by atoms with van der Waals surface area (Å²) >= 11 is 0. The zero-order chi connectivity index (χ0) is 21.9. The van der Waals surface area contributed by atoms with Crippen LogP contribution in [-0.2, 0) is 0 Å². The molecule has 1 aromatic heterocycles. The maximum atomic E-state index is 6.04. The summed E-state index contributed by atoms with van der Waals surface area (Å²) in [5.74, 6) is 3.42. The van der Waals surface area contributed by atoms with Crippen LogP contribution in [0.1, 0.15) is 20.8 Å². The molecule has 0 atom stereocenters. The average molecular weight is 413 g/mol. The van der Waals surface area contributed by atoms with Crippen LogP contribution in [0.3, 0.4) is 0 Å². The number of benzene rings is 2. The number of hydrogen-bond donors (Lipinski definition) is 1. The summed E-state index contributed by atoms with van der Waals surface area (Å²) in [6, 6.07) is 7.31. The van der Waals surface area contributed by atoms with Gasteiger partial charge in [0.1, 0.15) is 17.7 Å². The van der Waals surface area contributed by atoms with Crippen molar-refractivity contribution in [1.29, 1.82) is 0 Å². The Kier molecular flexibility index (Phi) is 6.05. The normalized spacial score (nSPS) is 11.2. The molecule has 0 spiro atoms. The fraction of sp³-hybridized carbons (Fsp3) is 0.364. The van der Waals surface area contributed by atoms with Crippen LogP contribution in [0.5, 0.6) is 28.7 Å². The van der Waals surface area contributed by atoms with Crippen LogP contribution < -0.4 is 29.0 Å². The second-order valence-electron chi connectivity index (χ2n) is 7.50. The maximum Gasteiger partial charge on any atom is 0.204 e. The molecule has 8 nitrogen and oxygen atoms in total. The fourth-order valence-corrected chi connectivity index (χ4v) is 2.98. The number of anilines is 2. The molecule has 0 aliphatic heterocycles. The van der Waals surface area contributed by atoms with Crippen molar-refractivity contribution in [3.8, 4) is 28.7 Å². The smallest absolute Gasteiger partial charge is 0.204 e. The molecular weight excluding hydrogens is 386 g/mol. The van der Waals surface area contributed by atoms with Gasteiger partial charge in [0, 0.05) is 29.3 Å². The quantitative estimate of drug-likeness (QED) is 0.602. The lowest BCUT2D eigenvalue weighted by atomic mass is 10.1. The van der Waals surface area contributed by atoms with E-state index >= 15 is 0 Å². The van der Waals surface area contributed by atoms with Gasteiger partial charge in [0.05, 0.1) is 34.0 Å². The summed E-state index contributed by atoms with van der Waals surface area (Å²) < 4.78 is 27.9. The van der Waals surface area contributed by atoms with Crippen molar-refractivity contribution in [1.82, 2.24) is 9.97 Å². The first-order chi connectivity index (χ1) is 14.3. The lowest BCUT2D eigenvalue weighted by Crippen LogP contribution is -2.23. The largest absolute Gasteiger partial charge is 0.493 e. The van der Waals surface area contributed by atoms with Crippen LogP contribution in [-0.4, -0.2) is 44.0 Å². The van der Waals surface area contributed by atoms with Crippen LogP contribution >= 0.6 is 0 Å². The molecule has 160 valence electrons. The lowest BCUT2D eigenvalue weighted by Gasteiger charge is -2.25. The number of fused-ring (bicyclic) bond motifs is 1. The number of nitrogens with zero attached hydrogens (tertiary/aromatic N) is 2. The van der Waals surface area contributed by atoms with E-state index in [1.165, 1.54) is 6.33 Å². The van der Waals surface area contributed by atoms with Crippen LogP contribution in [0.25, 0.3) is 10.9 Å². The first-order valence-electron chi connectivity index (χ1n) is 9.38. The number of aromatic nitrogens is 2. The molecule has 0 radical (unpaired) electrons. The number of nitrogens with one attached hydrogen (secondary N) is 1. The van der Waals surface area contributed by atoms with Crippen LogP contribution in [0.15, 0.2) is 30.6 Å². The highest BCUT2D eigenvalue weighted by molar-refractivity contribution is 5.93. The molecule has 0 saturated heterocycles. The summed E-state index contributed by atoms with van der Waals surface area (Å²) in [5.41, 5.74) is 1.03. The zero-order valence-corrected chi connectivity index (χ0v) is 18.3. The lowest BCUT2D eigenvalue weighted by molar-refractivity contribution is 0.120. The van der Waals surface area contributed by atoms with E-state index in [0.29, 0.717) is 34.6 Å².